The first-order chi connectivity index (χ1) is 8.70. The van der Waals surface area contributed by atoms with Gasteiger partial charge in [0.2, 0.25) is 0 Å². The summed E-state index contributed by atoms with van der Waals surface area (Å²) in [5.41, 5.74) is 9.32. The van der Waals surface area contributed by atoms with Gasteiger partial charge in [-0.05, 0) is 23.6 Å². The van der Waals surface area contributed by atoms with Crippen LogP contribution in [-0.4, -0.2) is 16.1 Å². The summed E-state index contributed by atoms with van der Waals surface area (Å²) in [6.07, 6.45) is 7.68. The Hall–Kier alpha value is -1.87. The Labute approximate surface area is 108 Å². The summed E-state index contributed by atoms with van der Waals surface area (Å²) < 4.78 is 1.99. The topological polar surface area (TPSA) is 43.8 Å². The van der Waals surface area contributed by atoms with Crippen molar-refractivity contribution in [2.45, 2.75) is 13.8 Å². The van der Waals surface area contributed by atoms with Crippen LogP contribution in [0.15, 0.2) is 48.6 Å². The Morgan fingerprint density at radius 2 is 2.06 bits per heavy atom. The summed E-state index contributed by atoms with van der Waals surface area (Å²) in [6, 6.07) is 8.38. The molecule has 0 atom stereocenters. The summed E-state index contributed by atoms with van der Waals surface area (Å²) in [4.78, 5) is 4.04. The lowest BCUT2D eigenvalue weighted by Crippen LogP contribution is -2.08. The number of nitrogens with zero attached hydrogens (tertiary/aromatic N) is 2. The minimum Gasteiger partial charge on any atom is -0.327 e. The number of hydrogen-bond acceptors (Lipinski definition) is 2. The number of imidazole rings is 1. The molecule has 0 radical (unpaired) electrons. The van der Waals surface area contributed by atoms with E-state index in [1.54, 1.807) is 12.5 Å². The molecule has 0 aliphatic rings. The molecule has 3 heteroatoms. The van der Waals surface area contributed by atoms with Gasteiger partial charge in [0, 0.05) is 24.6 Å². The Kier molecular flexibility index (Phi) is 3.95. The fourth-order valence-corrected chi connectivity index (χ4v) is 1.83. The molecule has 0 spiro atoms. The second-order valence-corrected chi connectivity index (χ2v) is 4.64. The third-order valence-electron chi connectivity index (χ3n) is 3.02. The highest BCUT2D eigenvalue weighted by Gasteiger charge is 2.01. The predicted octanol–water partition coefficient (Wildman–Crippen LogP) is 2.87. The van der Waals surface area contributed by atoms with Gasteiger partial charge in [0.1, 0.15) is 0 Å². The SMILES string of the molecule is CC(C)C(=Cc1ccc(-n2ccnc2)cc1)CN. The molecule has 0 aliphatic heterocycles. The molecule has 2 rings (SSSR count). The van der Waals surface area contributed by atoms with Crippen LogP contribution in [0.5, 0.6) is 0 Å². The van der Waals surface area contributed by atoms with Gasteiger partial charge in [0.05, 0.1) is 6.33 Å². The normalized spacial score (nSPS) is 12.1. The standard InChI is InChI=1S/C15H19N3/c1-12(2)14(10-16)9-13-3-5-15(6-4-13)18-8-7-17-11-18/h3-9,11-12H,10,16H2,1-2H3. The van der Waals surface area contributed by atoms with E-state index in [1.165, 1.54) is 11.1 Å². The van der Waals surface area contributed by atoms with E-state index in [2.05, 4.69) is 49.2 Å². The van der Waals surface area contributed by atoms with Gasteiger partial charge in [-0.2, -0.15) is 0 Å². The van der Waals surface area contributed by atoms with Crippen molar-refractivity contribution >= 4 is 6.08 Å². The van der Waals surface area contributed by atoms with Gasteiger partial charge in [-0.3, -0.25) is 0 Å². The zero-order valence-electron chi connectivity index (χ0n) is 10.9. The molecule has 94 valence electrons. The van der Waals surface area contributed by atoms with E-state index in [9.17, 15) is 0 Å². The zero-order valence-corrected chi connectivity index (χ0v) is 10.9. The summed E-state index contributed by atoms with van der Waals surface area (Å²) in [6.45, 7) is 4.94. The summed E-state index contributed by atoms with van der Waals surface area (Å²) >= 11 is 0. The van der Waals surface area contributed by atoms with Gasteiger partial charge in [-0.1, -0.05) is 37.6 Å². The van der Waals surface area contributed by atoms with Crippen LogP contribution in [0.25, 0.3) is 11.8 Å². The van der Waals surface area contributed by atoms with E-state index in [1.807, 2.05) is 10.8 Å². The van der Waals surface area contributed by atoms with E-state index in [-0.39, 0.29) is 0 Å². The molecule has 2 N–H and O–H groups in total. The van der Waals surface area contributed by atoms with E-state index < -0.39 is 0 Å². The molecule has 0 unspecified atom stereocenters. The minimum atomic E-state index is 0.489. The average molecular weight is 241 g/mol. The Balaban J connectivity index is 2.23. The first kappa shape index (κ1) is 12.6. The Morgan fingerprint density at radius 3 is 2.56 bits per heavy atom. The van der Waals surface area contributed by atoms with E-state index in [0.717, 1.165) is 5.69 Å². The summed E-state index contributed by atoms with van der Waals surface area (Å²) in [5.74, 6) is 0.489. The number of hydrogen-bond donors (Lipinski definition) is 1. The molecule has 1 aromatic heterocycles. The molecular formula is C15H19N3. The third-order valence-corrected chi connectivity index (χ3v) is 3.02. The van der Waals surface area contributed by atoms with Gasteiger partial charge in [0.15, 0.2) is 0 Å². The maximum Gasteiger partial charge on any atom is 0.0991 e. The second kappa shape index (κ2) is 5.65. The lowest BCUT2D eigenvalue weighted by molar-refractivity contribution is 0.752. The quantitative estimate of drug-likeness (QED) is 0.894. The van der Waals surface area contributed by atoms with Gasteiger partial charge < -0.3 is 10.3 Å². The third kappa shape index (κ3) is 2.87. The van der Waals surface area contributed by atoms with Crippen LogP contribution >= 0.6 is 0 Å². The molecule has 1 aromatic carbocycles. The minimum absolute atomic E-state index is 0.489. The first-order valence-corrected chi connectivity index (χ1v) is 6.19. The second-order valence-electron chi connectivity index (χ2n) is 4.64. The Morgan fingerprint density at radius 1 is 1.33 bits per heavy atom. The van der Waals surface area contributed by atoms with Crippen molar-refractivity contribution in [2.75, 3.05) is 6.54 Å². The molecule has 1 heterocycles. The molecule has 3 nitrogen and oxygen atoms in total. The predicted molar refractivity (Wildman–Crippen MR) is 75.4 cm³/mol. The van der Waals surface area contributed by atoms with Crippen LogP contribution in [0.1, 0.15) is 19.4 Å². The summed E-state index contributed by atoms with van der Waals surface area (Å²) in [7, 11) is 0. The molecule has 2 aromatic rings. The molecule has 0 amide bonds. The molecule has 0 saturated carbocycles. The molecular weight excluding hydrogens is 222 g/mol. The number of rotatable bonds is 4. The van der Waals surface area contributed by atoms with Crippen molar-refractivity contribution in [3.63, 3.8) is 0 Å². The molecule has 0 bridgehead atoms. The van der Waals surface area contributed by atoms with Crippen LogP contribution in [0, 0.1) is 5.92 Å². The van der Waals surface area contributed by atoms with Crippen molar-refractivity contribution < 1.29 is 0 Å². The van der Waals surface area contributed by atoms with Gasteiger partial charge in [-0.15, -0.1) is 0 Å². The van der Waals surface area contributed by atoms with Gasteiger partial charge in [0.25, 0.3) is 0 Å². The Bertz CT molecular complexity index is 507. The number of nitrogens with two attached hydrogens (primary N) is 1. The number of benzene rings is 1. The maximum absolute atomic E-state index is 5.75. The zero-order chi connectivity index (χ0) is 13.0. The lowest BCUT2D eigenvalue weighted by atomic mass is 10.0. The van der Waals surface area contributed by atoms with E-state index >= 15 is 0 Å². The fraction of sp³-hybridized carbons (Fsp3) is 0.267. The van der Waals surface area contributed by atoms with Crippen molar-refractivity contribution in [3.8, 4) is 5.69 Å². The van der Waals surface area contributed by atoms with Crippen LogP contribution in [0.2, 0.25) is 0 Å². The largest absolute Gasteiger partial charge is 0.327 e. The highest BCUT2D eigenvalue weighted by Crippen LogP contribution is 2.15. The van der Waals surface area contributed by atoms with Crippen molar-refractivity contribution in [1.82, 2.24) is 9.55 Å². The van der Waals surface area contributed by atoms with E-state index in [4.69, 9.17) is 5.73 Å². The molecule has 0 fully saturated rings. The smallest absolute Gasteiger partial charge is 0.0991 e. The van der Waals surface area contributed by atoms with Crippen LogP contribution in [-0.2, 0) is 0 Å². The van der Waals surface area contributed by atoms with Crippen molar-refractivity contribution in [1.29, 1.82) is 0 Å². The van der Waals surface area contributed by atoms with Crippen molar-refractivity contribution in [2.24, 2.45) is 11.7 Å². The fourth-order valence-electron chi connectivity index (χ4n) is 1.83. The van der Waals surface area contributed by atoms with Gasteiger partial charge >= 0.3 is 0 Å². The van der Waals surface area contributed by atoms with Gasteiger partial charge in [-0.25, -0.2) is 4.98 Å². The molecule has 0 aliphatic carbocycles. The average Bonchev–Trinajstić information content (AvgIpc) is 2.90. The maximum atomic E-state index is 5.75. The highest BCUT2D eigenvalue weighted by atomic mass is 15.0. The van der Waals surface area contributed by atoms with E-state index in [0.29, 0.717) is 12.5 Å². The molecule has 0 saturated heterocycles. The lowest BCUT2D eigenvalue weighted by Gasteiger charge is -2.09. The highest BCUT2D eigenvalue weighted by molar-refractivity contribution is 5.55. The number of aromatic nitrogens is 2. The van der Waals surface area contributed by atoms with Crippen LogP contribution in [0.4, 0.5) is 0 Å². The molecule has 18 heavy (non-hydrogen) atoms. The summed E-state index contributed by atoms with van der Waals surface area (Å²) in [5, 5.41) is 0. The monoisotopic (exact) mass is 241 g/mol. The van der Waals surface area contributed by atoms with Crippen molar-refractivity contribution in [3.05, 3.63) is 54.1 Å². The van der Waals surface area contributed by atoms with Crippen LogP contribution in [0.3, 0.4) is 0 Å². The van der Waals surface area contributed by atoms with Crippen LogP contribution < -0.4 is 5.73 Å². The first-order valence-electron chi connectivity index (χ1n) is 6.19.